The van der Waals surface area contributed by atoms with E-state index in [1.54, 1.807) is 4.57 Å². The van der Waals surface area contributed by atoms with Crippen LogP contribution in [0, 0.1) is 0 Å². The molecule has 1 atom stereocenters. The van der Waals surface area contributed by atoms with Crippen LogP contribution < -0.4 is 5.32 Å². The molecule has 2 aromatic heterocycles. The van der Waals surface area contributed by atoms with Crippen molar-refractivity contribution in [1.29, 1.82) is 0 Å². The normalized spacial score (nSPS) is 22.7. The summed E-state index contributed by atoms with van der Waals surface area (Å²) in [5, 5.41) is 3.15. The lowest BCUT2D eigenvalue weighted by Gasteiger charge is -2.45. The van der Waals surface area contributed by atoms with Crippen molar-refractivity contribution in [3.05, 3.63) is 59.7 Å². The van der Waals surface area contributed by atoms with E-state index in [1.807, 2.05) is 78.1 Å². The molecule has 43 heavy (non-hydrogen) atoms. The van der Waals surface area contributed by atoms with Crippen molar-refractivity contribution < 1.29 is 19.1 Å². The van der Waals surface area contributed by atoms with Gasteiger partial charge in [-0.25, -0.2) is 19.1 Å². The molecule has 3 aromatic rings. The van der Waals surface area contributed by atoms with Crippen molar-refractivity contribution in [3.8, 4) is 0 Å². The van der Waals surface area contributed by atoms with Gasteiger partial charge in [-0.1, -0.05) is 18.2 Å². The van der Waals surface area contributed by atoms with E-state index in [1.165, 1.54) is 5.56 Å². The Labute approximate surface area is 255 Å². The molecule has 2 heterocycles. The molecule has 0 bridgehead atoms. The van der Waals surface area contributed by atoms with E-state index < -0.39 is 17.3 Å². The van der Waals surface area contributed by atoms with E-state index >= 15 is 0 Å². The molecular formula is C34H47N5O4. The van der Waals surface area contributed by atoms with Crippen LogP contribution in [0.15, 0.2) is 42.6 Å². The number of para-hydroxylation sites is 2. The third kappa shape index (κ3) is 7.37. The Morgan fingerprint density at radius 3 is 2.40 bits per heavy atom. The highest BCUT2D eigenvalue weighted by molar-refractivity contribution is 5.87. The number of ether oxygens (including phenoxy) is 2. The lowest BCUT2D eigenvalue weighted by molar-refractivity contribution is 0.0325. The number of amides is 1. The number of nitrogens with zero attached hydrogens (tertiary/aromatic N) is 4. The van der Waals surface area contributed by atoms with Gasteiger partial charge in [0, 0.05) is 17.8 Å². The Hall–Kier alpha value is -3.46. The van der Waals surface area contributed by atoms with Crippen LogP contribution in [0.25, 0.3) is 11.0 Å². The number of imidazole rings is 1. The van der Waals surface area contributed by atoms with Gasteiger partial charge in [0.1, 0.15) is 17.0 Å². The number of carbonyl (C=O) groups is 2. The fourth-order valence-electron chi connectivity index (χ4n) is 6.50. The number of aromatic nitrogens is 3. The van der Waals surface area contributed by atoms with Gasteiger partial charge in [0.25, 0.3) is 0 Å². The van der Waals surface area contributed by atoms with Crippen LogP contribution in [0.5, 0.6) is 0 Å². The van der Waals surface area contributed by atoms with Gasteiger partial charge in [0.05, 0.1) is 29.3 Å². The van der Waals surface area contributed by atoms with E-state index in [4.69, 9.17) is 19.4 Å². The fourth-order valence-corrected chi connectivity index (χ4v) is 6.50. The van der Waals surface area contributed by atoms with Crippen LogP contribution in [0.4, 0.5) is 9.59 Å². The minimum atomic E-state index is -0.638. The predicted molar refractivity (Wildman–Crippen MR) is 167 cm³/mol. The fraction of sp³-hybridized carbons (Fsp3) is 0.588. The summed E-state index contributed by atoms with van der Waals surface area (Å²) in [6, 6.07) is 12.3. The molecule has 232 valence electrons. The van der Waals surface area contributed by atoms with E-state index in [0.29, 0.717) is 12.4 Å². The lowest BCUT2D eigenvalue weighted by Crippen LogP contribution is -2.53. The first kappa shape index (κ1) is 31.0. The minimum Gasteiger partial charge on any atom is -0.444 e. The highest BCUT2D eigenvalue weighted by Gasteiger charge is 2.40. The van der Waals surface area contributed by atoms with Gasteiger partial charge in [0.15, 0.2) is 0 Å². The third-order valence-corrected chi connectivity index (χ3v) is 8.43. The Bertz CT molecular complexity index is 1460. The molecule has 0 spiro atoms. The number of alkyl carbamates (subject to hydrolysis) is 1. The zero-order valence-electron chi connectivity index (χ0n) is 26.8. The van der Waals surface area contributed by atoms with Crippen LogP contribution in [0.3, 0.4) is 0 Å². The quantitative estimate of drug-likeness (QED) is 0.333. The molecule has 2 aliphatic carbocycles. The molecular weight excluding hydrogens is 542 g/mol. The van der Waals surface area contributed by atoms with Gasteiger partial charge in [-0.15, -0.1) is 0 Å². The summed E-state index contributed by atoms with van der Waals surface area (Å²) in [5.74, 6) is 0.665. The molecule has 1 saturated carbocycles. The maximum absolute atomic E-state index is 13.6. The smallest absolute Gasteiger partial charge is 0.420 e. The highest BCUT2D eigenvalue weighted by atomic mass is 16.6. The summed E-state index contributed by atoms with van der Waals surface area (Å²) in [6.45, 7) is 13.9. The van der Waals surface area contributed by atoms with Crippen molar-refractivity contribution in [1.82, 2.24) is 24.8 Å². The average Bonchev–Trinajstić information content (AvgIpc) is 3.28. The minimum absolute atomic E-state index is 0.102. The predicted octanol–water partition coefficient (Wildman–Crippen LogP) is 7.32. The number of carbonyl (C=O) groups excluding carboxylic acids is 2. The number of pyridine rings is 1. The first-order valence-electron chi connectivity index (χ1n) is 15.6. The van der Waals surface area contributed by atoms with Crippen LogP contribution in [-0.4, -0.2) is 54.4 Å². The molecule has 9 nitrogen and oxygen atoms in total. The van der Waals surface area contributed by atoms with Crippen molar-refractivity contribution in [3.63, 3.8) is 0 Å². The molecule has 1 unspecified atom stereocenters. The van der Waals surface area contributed by atoms with E-state index in [0.717, 1.165) is 61.7 Å². The maximum atomic E-state index is 13.6. The molecule has 1 fully saturated rings. The number of rotatable bonds is 5. The number of nitrogens with one attached hydrogen (secondary N) is 1. The molecule has 1 amide bonds. The molecule has 0 saturated heterocycles. The lowest BCUT2D eigenvalue weighted by atomic mass is 9.79. The van der Waals surface area contributed by atoms with E-state index in [2.05, 4.69) is 23.2 Å². The van der Waals surface area contributed by atoms with Crippen LogP contribution in [0.1, 0.15) is 110 Å². The molecule has 1 N–H and O–H groups in total. The standard InChI is InChI=1S/C34H47N5O4/c1-32(2,3)42-30(40)37-34(7)19-17-24(18-20-34)38(27-16-10-12-23-13-11-21-35-29(23)27)22-28-36-25-14-8-9-15-26(25)39(28)31(41)43-33(4,5)6/h8-9,11,13-15,21,24,27H,10,12,16-20,22H2,1-7H3,(H,37,40)/t24-,27?,34-. The van der Waals surface area contributed by atoms with Gasteiger partial charge in [-0.3, -0.25) is 9.88 Å². The second kappa shape index (κ2) is 11.9. The van der Waals surface area contributed by atoms with E-state index in [-0.39, 0.29) is 23.7 Å². The van der Waals surface area contributed by atoms with Crippen molar-refractivity contribution in [2.45, 2.75) is 129 Å². The summed E-state index contributed by atoms with van der Waals surface area (Å²) in [6.07, 6.45) is 7.58. The van der Waals surface area contributed by atoms with Crippen LogP contribution in [0.2, 0.25) is 0 Å². The summed E-state index contributed by atoms with van der Waals surface area (Å²) in [7, 11) is 0. The topological polar surface area (TPSA) is 98.6 Å². The molecule has 0 radical (unpaired) electrons. The Morgan fingerprint density at radius 2 is 1.70 bits per heavy atom. The monoisotopic (exact) mass is 589 g/mol. The number of aryl methyl sites for hydroxylation is 1. The van der Waals surface area contributed by atoms with Gasteiger partial charge < -0.3 is 14.8 Å². The second-order valence-corrected chi connectivity index (χ2v) is 14.4. The summed E-state index contributed by atoms with van der Waals surface area (Å²) >= 11 is 0. The molecule has 2 aliphatic rings. The van der Waals surface area contributed by atoms with E-state index in [9.17, 15) is 9.59 Å². The number of fused-ring (bicyclic) bond motifs is 2. The van der Waals surface area contributed by atoms with Crippen LogP contribution in [-0.2, 0) is 22.4 Å². The van der Waals surface area contributed by atoms with Crippen molar-refractivity contribution in [2.75, 3.05) is 0 Å². The first-order valence-corrected chi connectivity index (χ1v) is 15.6. The van der Waals surface area contributed by atoms with Crippen molar-refractivity contribution >= 4 is 23.2 Å². The highest BCUT2D eigenvalue weighted by Crippen LogP contribution is 2.40. The van der Waals surface area contributed by atoms with Gasteiger partial charge >= 0.3 is 12.2 Å². The SMILES string of the molecule is CC(C)(C)OC(=O)N[C@]1(C)CC[C@@H](N(Cc2nc3ccccc3n2C(=O)OC(C)(C)C)C2CCCc3cccnc32)CC1. The number of benzene rings is 1. The molecule has 1 aromatic carbocycles. The van der Waals surface area contributed by atoms with Crippen molar-refractivity contribution in [2.24, 2.45) is 0 Å². The third-order valence-electron chi connectivity index (χ3n) is 8.43. The van der Waals surface area contributed by atoms with Gasteiger partial charge in [0.2, 0.25) is 0 Å². The summed E-state index contributed by atoms with van der Waals surface area (Å²) < 4.78 is 13.1. The zero-order chi connectivity index (χ0) is 31.0. The maximum Gasteiger partial charge on any atom is 0.420 e. The number of hydrogen-bond acceptors (Lipinski definition) is 7. The summed E-state index contributed by atoms with van der Waals surface area (Å²) in [5.41, 5.74) is 2.38. The summed E-state index contributed by atoms with van der Waals surface area (Å²) in [4.78, 5) is 38.6. The average molecular weight is 590 g/mol. The largest absolute Gasteiger partial charge is 0.444 e. The molecule has 9 heteroatoms. The molecule has 0 aliphatic heterocycles. The Kier molecular flexibility index (Phi) is 8.58. The van der Waals surface area contributed by atoms with Gasteiger partial charge in [-0.05, 0) is 117 Å². The molecule has 5 rings (SSSR count). The number of hydrogen-bond donors (Lipinski definition) is 1. The zero-order valence-corrected chi connectivity index (χ0v) is 26.8. The Balaban J connectivity index is 1.47. The second-order valence-electron chi connectivity index (χ2n) is 14.4. The van der Waals surface area contributed by atoms with Gasteiger partial charge in [-0.2, -0.15) is 0 Å². The Morgan fingerprint density at radius 1 is 1.00 bits per heavy atom. The van der Waals surface area contributed by atoms with Crippen LogP contribution >= 0.6 is 0 Å². The first-order chi connectivity index (χ1) is 20.2.